The van der Waals surface area contributed by atoms with Gasteiger partial charge in [0.2, 0.25) is 0 Å². The van der Waals surface area contributed by atoms with E-state index >= 15 is 0 Å². The first kappa shape index (κ1) is 21.4. The lowest BCUT2D eigenvalue weighted by atomic mass is 9.82. The second-order valence-electron chi connectivity index (χ2n) is 7.74. The second-order valence-corrected chi connectivity index (χ2v) is 8.59. The predicted molar refractivity (Wildman–Crippen MR) is 137 cm³/mol. The quantitative estimate of drug-likeness (QED) is 0.302. The molecule has 3 nitrogen and oxygen atoms in total. The van der Waals surface area contributed by atoms with E-state index in [1.54, 1.807) is 0 Å². The van der Waals surface area contributed by atoms with Crippen molar-refractivity contribution in [1.29, 1.82) is 0 Å². The van der Waals surface area contributed by atoms with Crippen LogP contribution in [0.2, 0.25) is 0 Å². The van der Waals surface area contributed by atoms with Gasteiger partial charge in [0, 0.05) is 28.8 Å². The molecule has 1 atom stereocenters. The molecule has 4 rings (SSSR count). The Kier molecular flexibility index (Phi) is 6.57. The summed E-state index contributed by atoms with van der Waals surface area (Å²) in [7, 11) is 0. The van der Waals surface area contributed by atoms with Crippen LogP contribution < -0.4 is 10.3 Å². The Hall–Kier alpha value is -2.85. The van der Waals surface area contributed by atoms with Crippen LogP contribution in [0, 0.1) is 0 Å². The second kappa shape index (κ2) is 9.52. The zero-order valence-electron chi connectivity index (χ0n) is 18.1. The molecule has 3 aromatic carbocycles. The van der Waals surface area contributed by atoms with Gasteiger partial charge in [-0.2, -0.15) is 5.10 Å². The van der Waals surface area contributed by atoms with E-state index < -0.39 is 0 Å². The predicted octanol–water partition coefficient (Wildman–Crippen LogP) is 6.78. The summed E-state index contributed by atoms with van der Waals surface area (Å²) in [6, 6.07) is 21.4. The van der Waals surface area contributed by atoms with Gasteiger partial charge in [0.1, 0.15) is 5.54 Å². The summed E-state index contributed by atoms with van der Waals surface area (Å²) in [4.78, 5) is 2.33. The zero-order valence-corrected chi connectivity index (χ0v) is 19.6. The number of nitrogens with zero attached hydrogens (tertiary/aromatic N) is 2. The highest BCUT2D eigenvalue weighted by molar-refractivity contribution is 9.10. The van der Waals surface area contributed by atoms with Gasteiger partial charge in [-0.3, -0.25) is 5.43 Å². The number of hydrogen-bond donors (Lipinski definition) is 1. The molecular weight excluding hydrogens is 446 g/mol. The van der Waals surface area contributed by atoms with Crippen LogP contribution in [0.15, 0.2) is 94.5 Å². The summed E-state index contributed by atoms with van der Waals surface area (Å²) in [5.41, 5.74) is 6.60. The molecule has 0 radical (unpaired) electrons. The Balaban J connectivity index is 1.64. The van der Waals surface area contributed by atoms with E-state index in [9.17, 15) is 0 Å². The summed E-state index contributed by atoms with van der Waals surface area (Å²) >= 11 is 3.72. The van der Waals surface area contributed by atoms with E-state index in [1.807, 2.05) is 6.21 Å². The molecule has 1 aliphatic carbocycles. The van der Waals surface area contributed by atoms with Crippen LogP contribution >= 0.6 is 15.9 Å². The normalized spacial score (nSPS) is 18.0. The Labute approximate surface area is 193 Å². The minimum absolute atomic E-state index is 0.375. The number of benzene rings is 3. The van der Waals surface area contributed by atoms with E-state index in [4.69, 9.17) is 5.10 Å². The van der Waals surface area contributed by atoms with Crippen molar-refractivity contribution in [3.05, 3.63) is 101 Å². The Morgan fingerprint density at radius 3 is 2.58 bits per heavy atom. The maximum atomic E-state index is 4.69. The van der Waals surface area contributed by atoms with Gasteiger partial charge in [-0.25, -0.2) is 0 Å². The van der Waals surface area contributed by atoms with E-state index in [1.165, 1.54) is 22.0 Å². The molecule has 0 amide bonds. The monoisotopic (exact) mass is 473 g/mol. The highest BCUT2D eigenvalue weighted by atomic mass is 79.9. The molecule has 0 heterocycles. The van der Waals surface area contributed by atoms with E-state index in [-0.39, 0.29) is 5.54 Å². The minimum Gasteiger partial charge on any atom is -0.372 e. The van der Waals surface area contributed by atoms with E-state index in [0.29, 0.717) is 0 Å². The highest BCUT2D eigenvalue weighted by Crippen LogP contribution is 2.35. The largest absolute Gasteiger partial charge is 0.372 e. The molecule has 0 aromatic heterocycles. The lowest BCUT2D eigenvalue weighted by molar-refractivity contribution is 0.435. The van der Waals surface area contributed by atoms with Crippen molar-refractivity contribution in [2.75, 3.05) is 18.0 Å². The van der Waals surface area contributed by atoms with Crippen molar-refractivity contribution in [2.24, 2.45) is 5.10 Å². The van der Waals surface area contributed by atoms with Crippen LogP contribution in [0.1, 0.15) is 31.4 Å². The van der Waals surface area contributed by atoms with Crippen molar-refractivity contribution >= 4 is 38.6 Å². The fraction of sp³-hybridized carbons (Fsp3) is 0.222. The number of hydrogen-bond acceptors (Lipinski definition) is 3. The third-order valence-electron chi connectivity index (χ3n) is 5.92. The summed E-state index contributed by atoms with van der Waals surface area (Å²) in [5, 5.41) is 7.18. The summed E-state index contributed by atoms with van der Waals surface area (Å²) in [6.45, 7) is 6.34. The first-order chi connectivity index (χ1) is 15.2. The van der Waals surface area contributed by atoms with Gasteiger partial charge < -0.3 is 4.90 Å². The summed E-state index contributed by atoms with van der Waals surface area (Å²) in [5.74, 6) is 0. The van der Waals surface area contributed by atoms with Crippen molar-refractivity contribution in [1.82, 2.24) is 5.43 Å². The van der Waals surface area contributed by atoms with Crippen molar-refractivity contribution in [3.63, 3.8) is 0 Å². The zero-order chi connectivity index (χ0) is 21.7. The topological polar surface area (TPSA) is 27.6 Å². The molecule has 0 saturated heterocycles. The molecule has 1 N–H and O–H groups in total. The molecule has 0 bridgehead atoms. The van der Waals surface area contributed by atoms with Gasteiger partial charge in [0.15, 0.2) is 0 Å². The summed E-state index contributed by atoms with van der Waals surface area (Å²) in [6.07, 6.45) is 11.3. The van der Waals surface area contributed by atoms with Crippen LogP contribution in [-0.2, 0) is 5.54 Å². The number of fused-ring (bicyclic) bond motifs is 1. The van der Waals surface area contributed by atoms with Gasteiger partial charge >= 0.3 is 0 Å². The first-order valence-corrected chi connectivity index (χ1v) is 11.6. The van der Waals surface area contributed by atoms with Gasteiger partial charge in [0.05, 0.1) is 6.21 Å². The molecule has 0 saturated carbocycles. The lowest BCUT2D eigenvalue weighted by Gasteiger charge is -2.32. The maximum absolute atomic E-state index is 4.69. The maximum Gasteiger partial charge on any atom is 0.102 e. The van der Waals surface area contributed by atoms with E-state index in [2.05, 4.69) is 125 Å². The number of rotatable bonds is 7. The molecule has 31 heavy (non-hydrogen) atoms. The van der Waals surface area contributed by atoms with Crippen LogP contribution in [0.4, 0.5) is 5.69 Å². The van der Waals surface area contributed by atoms with Crippen molar-refractivity contribution in [2.45, 2.75) is 25.8 Å². The van der Waals surface area contributed by atoms with E-state index in [0.717, 1.165) is 29.5 Å². The van der Waals surface area contributed by atoms with Crippen LogP contribution in [0.5, 0.6) is 0 Å². The fourth-order valence-corrected chi connectivity index (χ4v) is 4.67. The van der Waals surface area contributed by atoms with Crippen molar-refractivity contribution in [3.8, 4) is 0 Å². The van der Waals surface area contributed by atoms with Crippen LogP contribution in [0.25, 0.3) is 10.8 Å². The molecule has 3 aromatic rings. The van der Waals surface area contributed by atoms with Gasteiger partial charge in [-0.15, -0.1) is 0 Å². The summed E-state index contributed by atoms with van der Waals surface area (Å²) < 4.78 is 1.04. The first-order valence-electron chi connectivity index (χ1n) is 10.8. The molecular formula is C27H28BrN3. The molecule has 0 fully saturated rings. The SMILES string of the molecule is CCN(CC)c1ccc(/C=N/NC2(c3cccc4ccccc34)C=CC=CC2)c(Br)c1. The number of halogens is 1. The molecule has 158 valence electrons. The average Bonchev–Trinajstić information content (AvgIpc) is 2.81. The third kappa shape index (κ3) is 4.45. The lowest BCUT2D eigenvalue weighted by Crippen LogP contribution is -2.38. The van der Waals surface area contributed by atoms with Crippen molar-refractivity contribution < 1.29 is 0 Å². The molecule has 0 spiro atoms. The number of allylic oxidation sites excluding steroid dienone is 2. The Bertz CT molecular complexity index is 1140. The minimum atomic E-state index is -0.375. The van der Waals surface area contributed by atoms with Crippen LogP contribution in [0.3, 0.4) is 0 Å². The highest BCUT2D eigenvalue weighted by Gasteiger charge is 2.30. The van der Waals surface area contributed by atoms with Crippen LogP contribution in [-0.4, -0.2) is 19.3 Å². The molecule has 1 aliphatic rings. The number of nitrogens with one attached hydrogen (secondary N) is 1. The fourth-order valence-electron chi connectivity index (χ4n) is 4.20. The Morgan fingerprint density at radius 2 is 1.84 bits per heavy atom. The van der Waals surface area contributed by atoms with Gasteiger partial charge in [0.25, 0.3) is 0 Å². The number of anilines is 1. The van der Waals surface area contributed by atoms with Gasteiger partial charge in [-0.1, -0.05) is 88.8 Å². The smallest absolute Gasteiger partial charge is 0.102 e. The van der Waals surface area contributed by atoms with Gasteiger partial charge in [-0.05, 0) is 48.7 Å². The molecule has 0 aliphatic heterocycles. The molecule has 1 unspecified atom stereocenters. The Morgan fingerprint density at radius 1 is 1.03 bits per heavy atom. The molecule has 4 heteroatoms. The standard InChI is InChI=1S/C27H28BrN3/c1-3-31(4-2)23-16-15-22(26(28)19-23)20-29-30-27(17-8-5-9-18-27)25-14-10-12-21-11-6-7-13-24(21)25/h5-17,19-20,30H,3-4,18H2,1-2H3/b29-20+. The average molecular weight is 474 g/mol. The number of hydrazone groups is 1. The third-order valence-corrected chi connectivity index (χ3v) is 6.61.